The summed E-state index contributed by atoms with van der Waals surface area (Å²) in [5.41, 5.74) is 1.70. The molecule has 0 aromatic rings. The fourth-order valence-electron chi connectivity index (χ4n) is 1.54. The minimum atomic E-state index is -0.503. The van der Waals surface area contributed by atoms with Gasteiger partial charge in [-0.3, -0.25) is 15.1 Å². The molecule has 0 spiro atoms. The van der Waals surface area contributed by atoms with Gasteiger partial charge in [0.1, 0.15) is 0 Å². The highest BCUT2D eigenvalue weighted by molar-refractivity contribution is 5.84. The van der Waals surface area contributed by atoms with Crippen LogP contribution in [0.1, 0.15) is 13.8 Å². The zero-order chi connectivity index (χ0) is 9.90. The molecule has 1 saturated heterocycles. The van der Waals surface area contributed by atoms with Crippen molar-refractivity contribution in [3.63, 3.8) is 0 Å². The van der Waals surface area contributed by atoms with Crippen LogP contribution in [0.15, 0.2) is 0 Å². The van der Waals surface area contributed by atoms with Gasteiger partial charge in [0, 0.05) is 26.2 Å². The van der Waals surface area contributed by atoms with Crippen LogP contribution in [0.4, 0.5) is 0 Å². The number of hydrogen-bond acceptors (Lipinski definition) is 4. The van der Waals surface area contributed by atoms with Crippen LogP contribution in [0.5, 0.6) is 0 Å². The number of nitrogens with two attached hydrogens (primary N) is 1. The molecule has 0 unspecified atom stereocenters. The third kappa shape index (κ3) is 2.18. The van der Waals surface area contributed by atoms with E-state index in [2.05, 4.69) is 15.6 Å². The summed E-state index contributed by atoms with van der Waals surface area (Å²) in [7, 11) is 0. The maximum Gasteiger partial charge on any atom is 0.253 e. The first kappa shape index (κ1) is 10.4. The number of nitrogens with one attached hydrogen (secondary N) is 2. The molecular formula is C8H18N4O. The fraction of sp³-hybridized carbons (Fsp3) is 0.875. The molecule has 1 aliphatic heterocycles. The molecule has 0 aliphatic carbocycles. The van der Waals surface area contributed by atoms with Crippen LogP contribution in [0, 0.1) is 0 Å². The van der Waals surface area contributed by atoms with E-state index >= 15 is 0 Å². The first-order valence-electron chi connectivity index (χ1n) is 4.56. The number of amides is 1. The monoisotopic (exact) mass is 186 g/mol. The van der Waals surface area contributed by atoms with Crippen LogP contribution in [0.3, 0.4) is 0 Å². The molecule has 1 fully saturated rings. The second-order valence-corrected chi connectivity index (χ2v) is 3.77. The van der Waals surface area contributed by atoms with Gasteiger partial charge in [-0.15, -0.1) is 0 Å². The van der Waals surface area contributed by atoms with Crippen molar-refractivity contribution in [3.8, 4) is 0 Å². The molecule has 1 aliphatic rings. The van der Waals surface area contributed by atoms with Crippen LogP contribution in [0.2, 0.25) is 0 Å². The molecule has 1 amide bonds. The Bertz CT molecular complexity index is 187. The van der Waals surface area contributed by atoms with E-state index in [1.165, 1.54) is 0 Å². The molecule has 5 nitrogen and oxygen atoms in total. The molecule has 1 heterocycles. The topological polar surface area (TPSA) is 70.4 Å². The summed E-state index contributed by atoms with van der Waals surface area (Å²) in [6, 6.07) is 0. The third-order valence-corrected chi connectivity index (χ3v) is 2.59. The maximum atomic E-state index is 11.4. The summed E-state index contributed by atoms with van der Waals surface area (Å²) in [5.74, 6) is 4.99. The molecular weight excluding hydrogens is 168 g/mol. The summed E-state index contributed by atoms with van der Waals surface area (Å²) in [4.78, 5) is 13.6. The van der Waals surface area contributed by atoms with Crippen molar-refractivity contribution in [2.45, 2.75) is 19.4 Å². The van der Waals surface area contributed by atoms with Crippen molar-refractivity contribution >= 4 is 5.91 Å². The number of rotatable bonds is 2. The van der Waals surface area contributed by atoms with E-state index in [1.807, 2.05) is 13.8 Å². The highest BCUT2D eigenvalue weighted by Crippen LogP contribution is 2.14. The van der Waals surface area contributed by atoms with Crippen molar-refractivity contribution in [1.82, 2.24) is 15.6 Å². The number of nitrogens with zero attached hydrogens (tertiary/aromatic N) is 1. The van der Waals surface area contributed by atoms with E-state index < -0.39 is 5.54 Å². The lowest BCUT2D eigenvalue weighted by atomic mass is 10.0. The molecule has 5 heteroatoms. The number of carbonyl (C=O) groups excluding carboxylic acids is 1. The van der Waals surface area contributed by atoms with Crippen molar-refractivity contribution < 1.29 is 4.79 Å². The Morgan fingerprint density at radius 3 is 2.46 bits per heavy atom. The zero-order valence-electron chi connectivity index (χ0n) is 8.26. The number of piperazine rings is 1. The molecule has 76 valence electrons. The van der Waals surface area contributed by atoms with Gasteiger partial charge in [-0.1, -0.05) is 0 Å². The van der Waals surface area contributed by atoms with Gasteiger partial charge in [0.25, 0.3) is 5.91 Å². The Hall–Kier alpha value is -0.650. The SMILES string of the molecule is CC(C)(C(=O)NN)N1CCNCC1. The van der Waals surface area contributed by atoms with Crippen LogP contribution in [-0.4, -0.2) is 42.5 Å². The minimum absolute atomic E-state index is 0.130. The van der Waals surface area contributed by atoms with Crippen molar-refractivity contribution in [1.29, 1.82) is 0 Å². The zero-order valence-corrected chi connectivity index (χ0v) is 8.26. The molecule has 1 rings (SSSR count). The largest absolute Gasteiger partial charge is 0.314 e. The van der Waals surface area contributed by atoms with Crippen LogP contribution >= 0.6 is 0 Å². The molecule has 0 aromatic heterocycles. The van der Waals surface area contributed by atoms with E-state index in [0.29, 0.717) is 0 Å². The lowest BCUT2D eigenvalue weighted by Gasteiger charge is -2.39. The molecule has 0 bridgehead atoms. The predicted octanol–water partition coefficient (Wildman–Crippen LogP) is -1.34. The molecule has 13 heavy (non-hydrogen) atoms. The summed E-state index contributed by atoms with van der Waals surface area (Å²) < 4.78 is 0. The summed E-state index contributed by atoms with van der Waals surface area (Å²) >= 11 is 0. The average molecular weight is 186 g/mol. The molecule has 0 radical (unpaired) electrons. The van der Waals surface area contributed by atoms with Crippen LogP contribution < -0.4 is 16.6 Å². The minimum Gasteiger partial charge on any atom is -0.314 e. The van der Waals surface area contributed by atoms with Crippen molar-refractivity contribution in [2.24, 2.45) is 5.84 Å². The van der Waals surface area contributed by atoms with Gasteiger partial charge >= 0.3 is 0 Å². The molecule has 0 atom stereocenters. The summed E-state index contributed by atoms with van der Waals surface area (Å²) in [6.07, 6.45) is 0. The van der Waals surface area contributed by atoms with Crippen LogP contribution in [-0.2, 0) is 4.79 Å². The van der Waals surface area contributed by atoms with Gasteiger partial charge in [0.05, 0.1) is 5.54 Å². The fourth-order valence-corrected chi connectivity index (χ4v) is 1.54. The van der Waals surface area contributed by atoms with E-state index in [4.69, 9.17) is 5.84 Å². The highest BCUT2D eigenvalue weighted by atomic mass is 16.2. The second-order valence-electron chi connectivity index (χ2n) is 3.77. The van der Waals surface area contributed by atoms with E-state index in [0.717, 1.165) is 26.2 Å². The van der Waals surface area contributed by atoms with E-state index in [-0.39, 0.29) is 5.91 Å². The number of carbonyl (C=O) groups is 1. The van der Waals surface area contributed by atoms with Gasteiger partial charge in [0.15, 0.2) is 0 Å². The van der Waals surface area contributed by atoms with Gasteiger partial charge in [0.2, 0.25) is 0 Å². The molecule has 0 aromatic carbocycles. The highest BCUT2D eigenvalue weighted by Gasteiger charge is 2.34. The standard InChI is InChI=1S/C8H18N4O/c1-8(2,7(13)11-9)12-5-3-10-4-6-12/h10H,3-6,9H2,1-2H3,(H,11,13). The Morgan fingerprint density at radius 1 is 1.46 bits per heavy atom. The van der Waals surface area contributed by atoms with Crippen LogP contribution in [0.25, 0.3) is 0 Å². The number of hydrogen-bond donors (Lipinski definition) is 3. The van der Waals surface area contributed by atoms with Gasteiger partial charge in [-0.05, 0) is 13.8 Å². The lowest BCUT2D eigenvalue weighted by Crippen LogP contribution is -2.60. The maximum absolute atomic E-state index is 11.4. The Balaban J connectivity index is 2.60. The lowest BCUT2D eigenvalue weighted by molar-refractivity contribution is -0.132. The van der Waals surface area contributed by atoms with Crippen molar-refractivity contribution in [2.75, 3.05) is 26.2 Å². The molecule has 0 saturated carbocycles. The first-order valence-corrected chi connectivity index (χ1v) is 4.56. The first-order chi connectivity index (χ1) is 6.09. The predicted molar refractivity (Wildman–Crippen MR) is 50.9 cm³/mol. The average Bonchev–Trinajstić information content (AvgIpc) is 2.18. The quantitative estimate of drug-likeness (QED) is 0.284. The van der Waals surface area contributed by atoms with E-state index in [9.17, 15) is 4.79 Å². The Morgan fingerprint density at radius 2 is 2.00 bits per heavy atom. The second kappa shape index (κ2) is 4.04. The van der Waals surface area contributed by atoms with Gasteiger partial charge < -0.3 is 5.32 Å². The summed E-state index contributed by atoms with van der Waals surface area (Å²) in [5, 5.41) is 3.24. The number of hydrazine groups is 1. The third-order valence-electron chi connectivity index (χ3n) is 2.59. The Kier molecular flexibility index (Phi) is 3.24. The van der Waals surface area contributed by atoms with Crippen molar-refractivity contribution in [3.05, 3.63) is 0 Å². The van der Waals surface area contributed by atoms with E-state index in [1.54, 1.807) is 0 Å². The molecule has 4 N–H and O–H groups in total. The van der Waals surface area contributed by atoms with Gasteiger partial charge in [-0.2, -0.15) is 0 Å². The van der Waals surface area contributed by atoms with Gasteiger partial charge in [-0.25, -0.2) is 5.84 Å². The Labute approximate surface area is 78.6 Å². The summed E-state index contributed by atoms with van der Waals surface area (Å²) in [6.45, 7) is 7.42. The normalized spacial score (nSPS) is 19.9. The smallest absolute Gasteiger partial charge is 0.253 e.